The highest BCUT2D eigenvalue weighted by atomic mass is 16.5. The lowest BCUT2D eigenvalue weighted by molar-refractivity contribution is -0.156. The lowest BCUT2D eigenvalue weighted by Gasteiger charge is -2.34. The Morgan fingerprint density at radius 3 is 2.47 bits per heavy atom. The molecule has 2 heterocycles. The van der Waals surface area contributed by atoms with Gasteiger partial charge in [0.1, 0.15) is 0 Å². The van der Waals surface area contributed by atoms with Crippen molar-refractivity contribution in [2.45, 2.75) is 18.9 Å². The minimum absolute atomic E-state index is 0.316. The van der Waals surface area contributed by atoms with E-state index < -0.39 is 11.9 Å². The van der Waals surface area contributed by atoms with Gasteiger partial charge >= 0.3 is 11.9 Å². The summed E-state index contributed by atoms with van der Waals surface area (Å²) in [6, 6.07) is 0. The first-order valence-electron chi connectivity index (χ1n) is 6.03. The van der Waals surface area contributed by atoms with Crippen LogP contribution in [-0.4, -0.2) is 72.2 Å². The summed E-state index contributed by atoms with van der Waals surface area (Å²) in [5.41, 5.74) is 0. The van der Waals surface area contributed by atoms with Gasteiger partial charge in [-0.15, -0.1) is 0 Å². The molecule has 0 aliphatic carbocycles. The monoisotopic (exact) mass is 242 g/mol. The van der Waals surface area contributed by atoms with Gasteiger partial charge in [-0.2, -0.15) is 0 Å². The van der Waals surface area contributed by atoms with Crippen molar-refractivity contribution in [1.29, 1.82) is 0 Å². The molecule has 0 aromatic carbocycles. The number of hydrogen-bond acceptors (Lipinski definition) is 4. The Balaban J connectivity index is 1.73. The van der Waals surface area contributed by atoms with Gasteiger partial charge < -0.3 is 14.7 Å². The highest BCUT2D eigenvalue weighted by molar-refractivity contribution is 6.31. The van der Waals surface area contributed by atoms with Gasteiger partial charge in [-0.05, 0) is 12.8 Å². The van der Waals surface area contributed by atoms with E-state index in [9.17, 15) is 9.59 Å². The summed E-state index contributed by atoms with van der Waals surface area (Å²) >= 11 is 0. The summed E-state index contributed by atoms with van der Waals surface area (Å²) in [7, 11) is 0. The van der Waals surface area contributed by atoms with Crippen LogP contribution >= 0.6 is 0 Å². The second kappa shape index (κ2) is 5.46. The van der Waals surface area contributed by atoms with Crippen LogP contribution in [0.4, 0.5) is 0 Å². The Morgan fingerprint density at radius 2 is 1.94 bits per heavy atom. The molecule has 0 spiro atoms. The van der Waals surface area contributed by atoms with Crippen molar-refractivity contribution in [3.63, 3.8) is 0 Å². The Hall–Kier alpha value is -1.14. The number of hydrogen-bond donors (Lipinski definition) is 1. The van der Waals surface area contributed by atoms with Gasteiger partial charge in [0, 0.05) is 39.3 Å². The summed E-state index contributed by atoms with van der Waals surface area (Å²) in [4.78, 5) is 25.4. The lowest BCUT2D eigenvalue weighted by Crippen LogP contribution is -2.51. The van der Waals surface area contributed by atoms with Crippen molar-refractivity contribution in [1.82, 2.24) is 9.80 Å². The van der Waals surface area contributed by atoms with Gasteiger partial charge in [-0.3, -0.25) is 9.69 Å². The van der Waals surface area contributed by atoms with Crippen LogP contribution < -0.4 is 0 Å². The average Bonchev–Trinajstić information content (AvgIpc) is 2.82. The van der Waals surface area contributed by atoms with Gasteiger partial charge in [-0.1, -0.05) is 0 Å². The van der Waals surface area contributed by atoms with Crippen molar-refractivity contribution in [3.05, 3.63) is 0 Å². The molecule has 2 aliphatic rings. The van der Waals surface area contributed by atoms with E-state index in [1.54, 1.807) is 0 Å². The molecule has 0 bridgehead atoms. The molecule has 1 atom stereocenters. The van der Waals surface area contributed by atoms with Gasteiger partial charge in [0.25, 0.3) is 0 Å². The van der Waals surface area contributed by atoms with Crippen LogP contribution in [0.3, 0.4) is 0 Å². The van der Waals surface area contributed by atoms with Gasteiger partial charge in [0.15, 0.2) is 0 Å². The van der Waals surface area contributed by atoms with Crippen molar-refractivity contribution in [2.75, 3.05) is 39.3 Å². The zero-order chi connectivity index (χ0) is 12.3. The van der Waals surface area contributed by atoms with Crippen molar-refractivity contribution >= 4 is 11.9 Å². The molecular weight excluding hydrogens is 224 g/mol. The Kier molecular flexibility index (Phi) is 3.96. The Morgan fingerprint density at radius 1 is 1.24 bits per heavy atom. The molecular formula is C11H18N2O4. The van der Waals surface area contributed by atoms with Crippen molar-refractivity contribution in [2.24, 2.45) is 0 Å². The minimum atomic E-state index is -1.36. The maximum Gasteiger partial charge on any atom is 0.394 e. The van der Waals surface area contributed by atoms with E-state index in [0.29, 0.717) is 19.2 Å². The van der Waals surface area contributed by atoms with Crippen LogP contribution in [-0.2, 0) is 14.3 Å². The first-order valence-corrected chi connectivity index (χ1v) is 6.03. The van der Waals surface area contributed by atoms with Crippen molar-refractivity contribution in [3.8, 4) is 0 Å². The molecule has 96 valence electrons. The molecule has 0 saturated carbocycles. The topological polar surface area (TPSA) is 70.1 Å². The number of aliphatic carboxylic acids is 1. The summed E-state index contributed by atoms with van der Waals surface area (Å²) in [5.74, 6) is -2.15. The summed E-state index contributed by atoms with van der Waals surface area (Å²) in [6.45, 7) is 4.21. The second-order valence-corrected chi connectivity index (χ2v) is 4.53. The third-order valence-corrected chi connectivity index (χ3v) is 3.33. The van der Waals surface area contributed by atoms with E-state index in [0.717, 1.165) is 39.1 Å². The molecule has 2 rings (SSSR count). The second-order valence-electron chi connectivity index (χ2n) is 4.53. The third kappa shape index (κ3) is 3.17. The van der Waals surface area contributed by atoms with Crippen LogP contribution in [0, 0.1) is 0 Å². The Labute approximate surface area is 100 Å². The molecule has 6 heteroatoms. The maximum absolute atomic E-state index is 11.2. The predicted molar refractivity (Wildman–Crippen MR) is 59.6 cm³/mol. The number of rotatable bonds is 2. The smallest absolute Gasteiger partial charge is 0.394 e. The zero-order valence-corrected chi connectivity index (χ0v) is 9.80. The van der Waals surface area contributed by atoms with Gasteiger partial charge in [0.05, 0.1) is 6.10 Å². The largest absolute Gasteiger partial charge is 0.474 e. The number of nitrogens with zero attached hydrogens (tertiary/aromatic N) is 2. The fourth-order valence-corrected chi connectivity index (χ4v) is 2.35. The van der Waals surface area contributed by atoms with E-state index in [1.807, 2.05) is 0 Å². The van der Waals surface area contributed by atoms with E-state index in [-0.39, 0.29) is 0 Å². The molecule has 2 fully saturated rings. The molecule has 1 N–H and O–H groups in total. The van der Waals surface area contributed by atoms with E-state index in [2.05, 4.69) is 4.90 Å². The maximum atomic E-state index is 11.2. The van der Waals surface area contributed by atoms with E-state index >= 15 is 0 Å². The SMILES string of the molecule is O=C(O)C(=O)N1CCN(CC2CCCO2)CC1. The van der Waals surface area contributed by atoms with Crippen LogP contribution in [0.25, 0.3) is 0 Å². The fourth-order valence-electron chi connectivity index (χ4n) is 2.35. The predicted octanol–water partition coefficient (Wildman–Crippen LogP) is -0.606. The molecule has 1 unspecified atom stereocenters. The number of piperazine rings is 1. The molecule has 6 nitrogen and oxygen atoms in total. The number of carboxylic acid groups (broad SMARTS) is 1. The van der Waals surface area contributed by atoms with Crippen LogP contribution in [0.5, 0.6) is 0 Å². The van der Waals surface area contributed by atoms with Crippen LogP contribution in [0.1, 0.15) is 12.8 Å². The van der Waals surface area contributed by atoms with Crippen LogP contribution in [0.15, 0.2) is 0 Å². The number of ether oxygens (including phenoxy) is 1. The number of amides is 1. The van der Waals surface area contributed by atoms with Crippen LogP contribution in [0.2, 0.25) is 0 Å². The molecule has 0 aromatic heterocycles. The lowest BCUT2D eigenvalue weighted by atomic mass is 10.2. The zero-order valence-electron chi connectivity index (χ0n) is 9.80. The molecule has 0 radical (unpaired) electrons. The average molecular weight is 242 g/mol. The molecule has 0 aromatic rings. The highest BCUT2D eigenvalue weighted by Crippen LogP contribution is 2.14. The number of carbonyl (C=O) groups excluding carboxylic acids is 1. The summed E-state index contributed by atoms with van der Waals surface area (Å²) in [6.07, 6.45) is 2.55. The Bertz CT molecular complexity index is 294. The third-order valence-electron chi connectivity index (χ3n) is 3.33. The fraction of sp³-hybridized carbons (Fsp3) is 0.818. The molecule has 2 saturated heterocycles. The minimum Gasteiger partial charge on any atom is -0.474 e. The molecule has 2 aliphatic heterocycles. The number of carbonyl (C=O) groups is 2. The molecule has 17 heavy (non-hydrogen) atoms. The summed E-state index contributed by atoms with van der Waals surface area (Å²) in [5, 5.41) is 8.61. The van der Waals surface area contributed by atoms with E-state index in [4.69, 9.17) is 9.84 Å². The standard InChI is InChI=1S/C11H18N2O4/c14-10(11(15)16)13-5-3-12(4-6-13)8-9-2-1-7-17-9/h9H,1-8H2,(H,15,16). The summed E-state index contributed by atoms with van der Waals surface area (Å²) < 4.78 is 5.55. The number of carboxylic acids is 1. The van der Waals surface area contributed by atoms with E-state index in [1.165, 1.54) is 4.90 Å². The van der Waals surface area contributed by atoms with Crippen molar-refractivity contribution < 1.29 is 19.4 Å². The first-order chi connectivity index (χ1) is 8.16. The normalized spacial score (nSPS) is 26.1. The van der Waals surface area contributed by atoms with Gasteiger partial charge in [-0.25, -0.2) is 4.79 Å². The highest BCUT2D eigenvalue weighted by Gasteiger charge is 2.27. The van der Waals surface area contributed by atoms with Gasteiger partial charge in [0.2, 0.25) is 0 Å². The quantitative estimate of drug-likeness (QED) is 0.654. The molecule has 1 amide bonds. The first kappa shape index (κ1) is 12.3.